The monoisotopic (exact) mass is 346 g/mol. The molecule has 108 valence electrons. The highest BCUT2D eigenvalue weighted by molar-refractivity contribution is 9.10. The molecule has 2 rings (SSSR count). The minimum atomic E-state index is -0.521. The fourth-order valence-corrected chi connectivity index (χ4v) is 2.12. The van der Waals surface area contributed by atoms with E-state index in [-0.39, 0.29) is 5.84 Å². The molecule has 2 aromatic carbocycles. The number of carbonyl (C=O) groups is 1. The number of carbonyl (C=O) groups excluding carboxylic acids is 1. The van der Waals surface area contributed by atoms with E-state index in [1.54, 1.807) is 18.2 Å². The summed E-state index contributed by atoms with van der Waals surface area (Å²) in [6, 6.07) is 12.7. The number of benzene rings is 2. The van der Waals surface area contributed by atoms with Crippen LogP contribution in [0.5, 0.6) is 0 Å². The van der Waals surface area contributed by atoms with Crippen molar-refractivity contribution < 1.29 is 9.63 Å². The summed E-state index contributed by atoms with van der Waals surface area (Å²) in [5.41, 5.74) is 8.89. The molecule has 0 fully saturated rings. The molecule has 0 amide bonds. The maximum absolute atomic E-state index is 12.0. The molecule has 0 aliphatic rings. The van der Waals surface area contributed by atoms with Crippen LogP contribution in [0.2, 0.25) is 0 Å². The van der Waals surface area contributed by atoms with Gasteiger partial charge in [-0.2, -0.15) is 0 Å². The number of aryl methyl sites for hydroxylation is 2. The van der Waals surface area contributed by atoms with Crippen LogP contribution in [0.4, 0.5) is 0 Å². The lowest BCUT2D eigenvalue weighted by atomic mass is 10.1. The summed E-state index contributed by atoms with van der Waals surface area (Å²) in [7, 11) is 0. The van der Waals surface area contributed by atoms with Crippen LogP contribution in [0, 0.1) is 13.8 Å². The second-order valence-corrected chi connectivity index (χ2v) is 5.60. The average molecular weight is 347 g/mol. The van der Waals surface area contributed by atoms with E-state index >= 15 is 0 Å². The molecule has 0 saturated carbocycles. The van der Waals surface area contributed by atoms with Crippen molar-refractivity contribution in [2.75, 3.05) is 0 Å². The molecule has 0 spiro atoms. The first-order chi connectivity index (χ1) is 9.97. The fourth-order valence-electron chi connectivity index (χ4n) is 1.86. The average Bonchev–Trinajstić information content (AvgIpc) is 2.45. The normalized spacial score (nSPS) is 11.3. The first-order valence-electron chi connectivity index (χ1n) is 6.35. The van der Waals surface area contributed by atoms with Gasteiger partial charge in [-0.25, -0.2) is 4.79 Å². The van der Waals surface area contributed by atoms with E-state index in [9.17, 15) is 4.79 Å². The Balaban J connectivity index is 2.12. The molecule has 0 aliphatic heterocycles. The van der Waals surface area contributed by atoms with E-state index in [1.807, 2.05) is 38.1 Å². The molecule has 0 saturated heterocycles. The number of nitrogens with zero attached hydrogens (tertiary/aromatic N) is 1. The van der Waals surface area contributed by atoms with Crippen molar-refractivity contribution in [2.45, 2.75) is 13.8 Å². The Labute approximate surface area is 131 Å². The number of nitrogens with two attached hydrogens (primary N) is 1. The second-order valence-electron chi connectivity index (χ2n) is 4.68. The Morgan fingerprint density at radius 3 is 2.43 bits per heavy atom. The standard InChI is InChI=1S/C16H15BrN2O2/c1-10-3-8-14(11(2)9-10)16(20)21-19-15(18)12-4-6-13(17)7-5-12/h3-9H,1-2H3,(H2,18,19). The highest BCUT2D eigenvalue weighted by atomic mass is 79.9. The van der Waals surface area contributed by atoms with E-state index in [0.29, 0.717) is 11.1 Å². The zero-order valence-electron chi connectivity index (χ0n) is 11.8. The Kier molecular flexibility index (Phi) is 4.75. The van der Waals surface area contributed by atoms with Crippen LogP contribution in [0.15, 0.2) is 52.1 Å². The lowest BCUT2D eigenvalue weighted by molar-refractivity contribution is 0.0515. The number of hydrogen-bond acceptors (Lipinski definition) is 3. The third-order valence-electron chi connectivity index (χ3n) is 2.97. The summed E-state index contributed by atoms with van der Waals surface area (Å²) < 4.78 is 0.936. The van der Waals surface area contributed by atoms with Crippen LogP contribution in [0.3, 0.4) is 0 Å². The van der Waals surface area contributed by atoms with E-state index in [4.69, 9.17) is 10.6 Å². The smallest absolute Gasteiger partial charge is 0.366 e. The van der Waals surface area contributed by atoms with Crippen LogP contribution in [0.1, 0.15) is 27.0 Å². The quantitative estimate of drug-likeness (QED) is 0.400. The van der Waals surface area contributed by atoms with Crippen LogP contribution in [0.25, 0.3) is 0 Å². The number of rotatable bonds is 3. The van der Waals surface area contributed by atoms with Crippen molar-refractivity contribution in [2.24, 2.45) is 10.9 Å². The molecule has 2 N–H and O–H groups in total. The van der Waals surface area contributed by atoms with Gasteiger partial charge in [0.15, 0.2) is 5.84 Å². The van der Waals surface area contributed by atoms with Gasteiger partial charge in [-0.3, -0.25) is 0 Å². The van der Waals surface area contributed by atoms with Gasteiger partial charge >= 0.3 is 5.97 Å². The fraction of sp³-hybridized carbons (Fsp3) is 0.125. The lowest BCUT2D eigenvalue weighted by Gasteiger charge is -2.05. The lowest BCUT2D eigenvalue weighted by Crippen LogP contribution is -2.15. The Morgan fingerprint density at radius 2 is 1.81 bits per heavy atom. The van der Waals surface area contributed by atoms with Crippen molar-refractivity contribution >= 4 is 27.7 Å². The summed E-state index contributed by atoms with van der Waals surface area (Å²) in [6.07, 6.45) is 0. The number of hydrogen-bond donors (Lipinski definition) is 1. The molecule has 0 atom stereocenters. The van der Waals surface area contributed by atoms with Gasteiger partial charge in [0.1, 0.15) is 0 Å². The van der Waals surface area contributed by atoms with Crippen molar-refractivity contribution in [3.05, 3.63) is 69.2 Å². The molecule has 2 aromatic rings. The highest BCUT2D eigenvalue weighted by Gasteiger charge is 2.11. The van der Waals surface area contributed by atoms with Gasteiger partial charge in [0, 0.05) is 10.0 Å². The summed E-state index contributed by atoms with van der Waals surface area (Å²) >= 11 is 3.34. The van der Waals surface area contributed by atoms with Gasteiger partial charge in [0.2, 0.25) is 0 Å². The highest BCUT2D eigenvalue weighted by Crippen LogP contribution is 2.13. The third kappa shape index (κ3) is 3.92. The molecule has 0 bridgehead atoms. The molecule has 0 radical (unpaired) electrons. The van der Waals surface area contributed by atoms with E-state index in [0.717, 1.165) is 15.6 Å². The van der Waals surface area contributed by atoms with Crippen LogP contribution in [-0.2, 0) is 4.84 Å². The minimum Gasteiger partial charge on any atom is -0.380 e. The van der Waals surface area contributed by atoms with Gasteiger partial charge < -0.3 is 10.6 Å². The molecule has 0 aliphatic carbocycles. The predicted molar refractivity (Wildman–Crippen MR) is 86.2 cm³/mol. The third-order valence-corrected chi connectivity index (χ3v) is 3.50. The SMILES string of the molecule is Cc1ccc(C(=O)ON=C(N)c2ccc(Br)cc2)c(C)c1. The maximum atomic E-state index is 12.0. The Morgan fingerprint density at radius 1 is 1.14 bits per heavy atom. The van der Waals surface area contributed by atoms with Crippen LogP contribution in [-0.4, -0.2) is 11.8 Å². The van der Waals surface area contributed by atoms with Crippen molar-refractivity contribution in [3.8, 4) is 0 Å². The first kappa shape index (κ1) is 15.3. The van der Waals surface area contributed by atoms with Crippen molar-refractivity contribution in [3.63, 3.8) is 0 Å². The molecule has 0 heterocycles. The zero-order chi connectivity index (χ0) is 15.4. The molecule has 4 nitrogen and oxygen atoms in total. The predicted octanol–water partition coefficient (Wildman–Crippen LogP) is 3.54. The van der Waals surface area contributed by atoms with E-state index in [1.165, 1.54) is 0 Å². The number of amidine groups is 1. The van der Waals surface area contributed by atoms with E-state index < -0.39 is 5.97 Å². The first-order valence-corrected chi connectivity index (χ1v) is 7.14. The van der Waals surface area contributed by atoms with Crippen LogP contribution < -0.4 is 5.73 Å². The van der Waals surface area contributed by atoms with E-state index in [2.05, 4.69) is 21.1 Å². The van der Waals surface area contributed by atoms with Crippen LogP contribution >= 0.6 is 15.9 Å². The molecular weight excluding hydrogens is 332 g/mol. The van der Waals surface area contributed by atoms with Gasteiger partial charge in [0.25, 0.3) is 0 Å². The van der Waals surface area contributed by atoms with Gasteiger partial charge in [0.05, 0.1) is 5.56 Å². The van der Waals surface area contributed by atoms with Gasteiger partial charge in [-0.05, 0) is 37.6 Å². The molecule has 0 aromatic heterocycles. The molecule has 5 heteroatoms. The molecular formula is C16H15BrN2O2. The second kappa shape index (κ2) is 6.54. The topological polar surface area (TPSA) is 64.7 Å². The summed E-state index contributed by atoms with van der Waals surface area (Å²) in [5.74, 6) is -0.367. The van der Waals surface area contributed by atoms with Crippen molar-refractivity contribution in [1.29, 1.82) is 0 Å². The summed E-state index contributed by atoms with van der Waals surface area (Å²) in [5, 5.41) is 3.69. The summed E-state index contributed by atoms with van der Waals surface area (Å²) in [4.78, 5) is 16.9. The minimum absolute atomic E-state index is 0.153. The van der Waals surface area contributed by atoms with Crippen molar-refractivity contribution in [1.82, 2.24) is 0 Å². The number of halogens is 1. The Bertz CT molecular complexity index is 694. The number of oxime groups is 1. The molecule has 0 unspecified atom stereocenters. The van der Waals surface area contributed by atoms with Gasteiger partial charge in [-0.1, -0.05) is 50.9 Å². The zero-order valence-corrected chi connectivity index (χ0v) is 13.3. The van der Waals surface area contributed by atoms with Gasteiger partial charge in [-0.15, -0.1) is 0 Å². The molecule has 21 heavy (non-hydrogen) atoms. The largest absolute Gasteiger partial charge is 0.380 e. The Hall–Kier alpha value is -2.14. The maximum Gasteiger partial charge on any atom is 0.366 e. The summed E-state index contributed by atoms with van der Waals surface area (Å²) in [6.45, 7) is 3.82.